The van der Waals surface area contributed by atoms with Crippen LogP contribution >= 0.6 is 24.0 Å². The van der Waals surface area contributed by atoms with E-state index >= 15 is 0 Å². The lowest BCUT2D eigenvalue weighted by atomic mass is 10.1. The fourth-order valence-corrected chi connectivity index (χ4v) is 2.07. The molecule has 2 rings (SSSR count). The summed E-state index contributed by atoms with van der Waals surface area (Å²) >= 11 is 5.86. The fraction of sp³-hybridized carbons (Fsp3) is 0.500. The molecule has 0 bridgehead atoms. The van der Waals surface area contributed by atoms with Gasteiger partial charge in [0.15, 0.2) is 0 Å². The van der Waals surface area contributed by atoms with Crippen molar-refractivity contribution in [3.8, 4) is 0 Å². The van der Waals surface area contributed by atoms with Crippen LogP contribution in [0.25, 0.3) is 0 Å². The van der Waals surface area contributed by atoms with Crippen LogP contribution in [0.5, 0.6) is 0 Å². The molecule has 2 nitrogen and oxygen atoms in total. The predicted octanol–water partition coefficient (Wildman–Crippen LogP) is 2.56. The Morgan fingerprint density at radius 2 is 2.06 bits per heavy atom. The van der Waals surface area contributed by atoms with Crippen molar-refractivity contribution in [1.82, 2.24) is 10.2 Å². The third kappa shape index (κ3) is 3.63. The molecule has 1 heterocycles. The molecule has 0 aromatic heterocycles. The summed E-state index contributed by atoms with van der Waals surface area (Å²) in [6, 6.07) is 8.76. The van der Waals surface area contributed by atoms with E-state index in [1.165, 1.54) is 5.56 Å². The maximum atomic E-state index is 5.86. The lowest BCUT2D eigenvalue weighted by Gasteiger charge is -2.33. The predicted molar refractivity (Wildman–Crippen MR) is 71.4 cm³/mol. The van der Waals surface area contributed by atoms with Gasteiger partial charge in [0.1, 0.15) is 0 Å². The molecular weight excluding hydrogens is 243 g/mol. The van der Waals surface area contributed by atoms with Gasteiger partial charge in [-0.1, -0.05) is 23.7 Å². The van der Waals surface area contributed by atoms with E-state index in [0.29, 0.717) is 6.04 Å². The number of piperazine rings is 1. The van der Waals surface area contributed by atoms with Crippen LogP contribution in [0.4, 0.5) is 0 Å². The van der Waals surface area contributed by atoms with Crippen molar-refractivity contribution < 1.29 is 0 Å². The first-order chi connectivity index (χ1) is 7.25. The van der Waals surface area contributed by atoms with Gasteiger partial charge in [-0.05, 0) is 24.6 Å². The van der Waals surface area contributed by atoms with Crippen molar-refractivity contribution in [2.75, 3.05) is 19.6 Å². The molecule has 1 fully saturated rings. The number of hydrogen-bond donors (Lipinski definition) is 1. The van der Waals surface area contributed by atoms with Gasteiger partial charge >= 0.3 is 0 Å². The van der Waals surface area contributed by atoms with Gasteiger partial charge in [-0.2, -0.15) is 0 Å². The second kappa shape index (κ2) is 6.45. The summed E-state index contributed by atoms with van der Waals surface area (Å²) in [5, 5.41) is 4.21. The van der Waals surface area contributed by atoms with Crippen LogP contribution in [0, 0.1) is 0 Å². The first-order valence-electron chi connectivity index (χ1n) is 5.45. The quantitative estimate of drug-likeness (QED) is 0.880. The number of nitrogens with one attached hydrogen (secondary N) is 1. The Balaban J connectivity index is 0.00000128. The minimum Gasteiger partial charge on any atom is -0.314 e. The van der Waals surface area contributed by atoms with Crippen LogP contribution in [-0.4, -0.2) is 30.6 Å². The molecule has 1 aliphatic rings. The van der Waals surface area contributed by atoms with Gasteiger partial charge < -0.3 is 5.32 Å². The minimum absolute atomic E-state index is 0. The van der Waals surface area contributed by atoms with Crippen molar-refractivity contribution in [3.05, 3.63) is 34.9 Å². The summed E-state index contributed by atoms with van der Waals surface area (Å²) in [5.41, 5.74) is 1.34. The maximum Gasteiger partial charge on any atom is 0.0406 e. The number of benzene rings is 1. The third-order valence-corrected chi connectivity index (χ3v) is 3.19. The molecule has 1 aromatic carbocycles. The highest BCUT2D eigenvalue weighted by Crippen LogP contribution is 2.13. The van der Waals surface area contributed by atoms with Gasteiger partial charge in [0, 0.05) is 37.2 Å². The summed E-state index contributed by atoms with van der Waals surface area (Å²) in [7, 11) is 0. The summed E-state index contributed by atoms with van der Waals surface area (Å²) in [4.78, 5) is 2.50. The zero-order valence-corrected chi connectivity index (χ0v) is 11.0. The summed E-state index contributed by atoms with van der Waals surface area (Å²) in [5.74, 6) is 0. The van der Waals surface area contributed by atoms with Gasteiger partial charge in [0.25, 0.3) is 0 Å². The average molecular weight is 261 g/mol. The van der Waals surface area contributed by atoms with E-state index in [2.05, 4.69) is 29.3 Å². The first-order valence-corrected chi connectivity index (χ1v) is 5.83. The summed E-state index contributed by atoms with van der Waals surface area (Å²) in [6.07, 6.45) is 0. The van der Waals surface area contributed by atoms with Crippen molar-refractivity contribution in [3.63, 3.8) is 0 Å². The van der Waals surface area contributed by atoms with E-state index in [0.717, 1.165) is 31.2 Å². The number of halogens is 2. The largest absolute Gasteiger partial charge is 0.314 e. The summed E-state index contributed by atoms with van der Waals surface area (Å²) in [6.45, 7) is 6.61. The standard InChI is InChI=1S/C12H17ClN2.ClH/c1-10-8-14-6-7-15(10)9-11-2-4-12(13)5-3-11;/h2-5,10,14H,6-9H2,1H3;1H/t10-;/m1./s1. The van der Waals surface area contributed by atoms with Crippen LogP contribution in [0.15, 0.2) is 24.3 Å². The Labute approximate surface area is 108 Å². The Kier molecular flexibility index (Phi) is 5.56. The molecule has 1 aromatic rings. The monoisotopic (exact) mass is 260 g/mol. The van der Waals surface area contributed by atoms with Gasteiger partial charge in [0.2, 0.25) is 0 Å². The number of nitrogens with zero attached hydrogens (tertiary/aromatic N) is 1. The van der Waals surface area contributed by atoms with Gasteiger partial charge in [-0.15, -0.1) is 12.4 Å². The lowest BCUT2D eigenvalue weighted by molar-refractivity contribution is 0.165. The molecule has 0 aliphatic carbocycles. The van der Waals surface area contributed by atoms with Gasteiger partial charge in [0.05, 0.1) is 0 Å². The second-order valence-electron chi connectivity index (χ2n) is 4.15. The van der Waals surface area contributed by atoms with Gasteiger partial charge in [-0.25, -0.2) is 0 Å². The van der Waals surface area contributed by atoms with E-state index in [9.17, 15) is 0 Å². The van der Waals surface area contributed by atoms with Crippen molar-refractivity contribution in [2.24, 2.45) is 0 Å². The Morgan fingerprint density at radius 1 is 1.38 bits per heavy atom. The van der Waals surface area contributed by atoms with E-state index in [-0.39, 0.29) is 12.4 Å². The molecule has 1 saturated heterocycles. The molecule has 0 unspecified atom stereocenters. The third-order valence-electron chi connectivity index (χ3n) is 2.94. The normalized spacial score (nSPS) is 21.5. The molecule has 0 amide bonds. The van der Waals surface area contributed by atoms with Crippen molar-refractivity contribution in [1.29, 1.82) is 0 Å². The van der Waals surface area contributed by atoms with E-state index in [4.69, 9.17) is 11.6 Å². The maximum absolute atomic E-state index is 5.86. The molecule has 0 saturated carbocycles. The molecule has 0 spiro atoms. The highest BCUT2D eigenvalue weighted by molar-refractivity contribution is 6.30. The van der Waals surface area contributed by atoms with Gasteiger partial charge in [-0.3, -0.25) is 4.90 Å². The molecule has 1 N–H and O–H groups in total. The van der Waals surface area contributed by atoms with E-state index in [1.54, 1.807) is 0 Å². The van der Waals surface area contributed by atoms with Crippen LogP contribution in [0.1, 0.15) is 12.5 Å². The molecule has 90 valence electrons. The topological polar surface area (TPSA) is 15.3 Å². The zero-order chi connectivity index (χ0) is 10.7. The second-order valence-corrected chi connectivity index (χ2v) is 4.59. The summed E-state index contributed by atoms with van der Waals surface area (Å²) < 4.78 is 0. The van der Waals surface area contributed by atoms with Crippen LogP contribution in [0.2, 0.25) is 5.02 Å². The Hall–Kier alpha value is -0.280. The van der Waals surface area contributed by atoms with Crippen LogP contribution in [0.3, 0.4) is 0 Å². The molecule has 16 heavy (non-hydrogen) atoms. The molecule has 4 heteroatoms. The lowest BCUT2D eigenvalue weighted by Crippen LogP contribution is -2.49. The fourth-order valence-electron chi connectivity index (χ4n) is 1.94. The van der Waals surface area contributed by atoms with Crippen LogP contribution in [-0.2, 0) is 6.54 Å². The molecular formula is C12H18Cl2N2. The van der Waals surface area contributed by atoms with Crippen molar-refractivity contribution >= 4 is 24.0 Å². The van der Waals surface area contributed by atoms with Crippen LogP contribution < -0.4 is 5.32 Å². The molecule has 0 radical (unpaired) electrons. The molecule has 1 aliphatic heterocycles. The highest BCUT2D eigenvalue weighted by atomic mass is 35.5. The Bertz CT molecular complexity index is 313. The van der Waals surface area contributed by atoms with E-state index < -0.39 is 0 Å². The number of rotatable bonds is 2. The SMILES string of the molecule is C[C@@H]1CNCCN1Cc1ccc(Cl)cc1.Cl. The van der Waals surface area contributed by atoms with E-state index in [1.807, 2.05) is 12.1 Å². The highest BCUT2D eigenvalue weighted by Gasteiger charge is 2.17. The zero-order valence-electron chi connectivity index (χ0n) is 9.45. The minimum atomic E-state index is 0. The molecule has 1 atom stereocenters. The smallest absolute Gasteiger partial charge is 0.0406 e. The number of hydrogen-bond acceptors (Lipinski definition) is 2. The first kappa shape index (κ1) is 13.8. The Morgan fingerprint density at radius 3 is 2.69 bits per heavy atom. The van der Waals surface area contributed by atoms with Crippen molar-refractivity contribution in [2.45, 2.75) is 19.5 Å². The average Bonchev–Trinajstić information content (AvgIpc) is 2.25.